The van der Waals surface area contributed by atoms with Gasteiger partial charge in [0.1, 0.15) is 11.2 Å². The number of hydrogen-bond acceptors (Lipinski definition) is 3. The number of hydrogen-bond donors (Lipinski definition) is 0. The average Bonchev–Trinajstić information content (AvgIpc) is 4.07. The molecule has 3 heterocycles. The van der Waals surface area contributed by atoms with Crippen LogP contribution in [-0.4, -0.2) is 9.13 Å². The van der Waals surface area contributed by atoms with E-state index in [1.807, 2.05) is 36.4 Å². The third kappa shape index (κ3) is 6.75. The summed E-state index contributed by atoms with van der Waals surface area (Å²) in [5, 5.41) is 26.6. The number of furan rings is 1. The van der Waals surface area contributed by atoms with Crippen molar-refractivity contribution in [3.05, 3.63) is 240 Å². The van der Waals surface area contributed by atoms with Gasteiger partial charge in [0.15, 0.2) is 0 Å². The molecule has 0 unspecified atom stereocenters. The highest BCUT2D eigenvalue weighted by atomic mass is 16.3. The van der Waals surface area contributed by atoms with E-state index in [9.17, 15) is 10.5 Å². The van der Waals surface area contributed by atoms with E-state index < -0.39 is 0 Å². The van der Waals surface area contributed by atoms with E-state index in [2.05, 4.69) is 204 Å². The van der Waals surface area contributed by atoms with Crippen LogP contribution in [0.2, 0.25) is 0 Å². The van der Waals surface area contributed by atoms with E-state index in [1.54, 1.807) is 0 Å². The van der Waals surface area contributed by atoms with Gasteiger partial charge in [0, 0.05) is 43.7 Å². The first-order valence-corrected chi connectivity index (χ1v) is 23.7. The first-order valence-electron chi connectivity index (χ1n) is 23.7. The second-order valence-electron chi connectivity index (χ2n) is 18.3. The Morgan fingerprint density at radius 3 is 1.59 bits per heavy atom. The highest BCUT2D eigenvalue weighted by molar-refractivity contribution is 6.14. The van der Waals surface area contributed by atoms with E-state index in [0.717, 1.165) is 129 Å². The first kappa shape index (κ1) is 40.8. The van der Waals surface area contributed by atoms with E-state index in [4.69, 9.17) is 4.42 Å². The molecule has 0 amide bonds. The predicted octanol–water partition coefficient (Wildman–Crippen LogP) is 16.6. The maximum absolute atomic E-state index is 10.0. The monoisotopic (exact) mass is 894 g/mol. The molecule has 3 aromatic heterocycles. The molecule has 328 valence electrons. The van der Waals surface area contributed by atoms with Crippen LogP contribution in [-0.2, 0) is 12.8 Å². The van der Waals surface area contributed by atoms with Gasteiger partial charge in [-0.2, -0.15) is 10.5 Å². The Hall–Kier alpha value is -9.42. The van der Waals surface area contributed by atoms with E-state index in [1.165, 1.54) is 11.1 Å². The summed E-state index contributed by atoms with van der Waals surface area (Å²) in [6.45, 7) is 2.16. The van der Waals surface area contributed by atoms with Crippen molar-refractivity contribution < 1.29 is 4.42 Å². The quantitative estimate of drug-likeness (QED) is 0.153. The number of para-hydroxylation sites is 2. The number of fused-ring (bicyclic) bond motifs is 9. The molecular formula is C65H42N4O. The Labute approximate surface area is 404 Å². The van der Waals surface area contributed by atoms with Gasteiger partial charge in [-0.05, 0) is 179 Å². The molecule has 13 rings (SSSR count). The lowest BCUT2D eigenvalue weighted by Gasteiger charge is -2.15. The molecule has 0 atom stereocenters. The summed E-state index contributed by atoms with van der Waals surface area (Å²) < 4.78 is 11.0. The molecule has 10 aromatic carbocycles. The summed E-state index contributed by atoms with van der Waals surface area (Å²) in [7, 11) is 0. The second kappa shape index (κ2) is 16.4. The largest absolute Gasteiger partial charge is 0.456 e. The molecule has 0 N–H and O–H groups in total. The maximum Gasteiger partial charge on any atom is 0.135 e. The standard InChI is InChI=1S/C65H42N4O/c1-41-16-20-46(34-53(41)54-32-43(39-66)18-22-45(54)21-17-42-10-4-2-5-11-42)47-24-29-62-57(36-47)58-37-49(25-30-63(58)69(62)51-26-31-65-59(38-51)52-14-8-9-15-64(52)70-65)48-23-28-61-56(35-48)55-33-44(40-67)19-27-60(55)68(61)50-12-6-3-7-13-50/h2-16,18-20,22-38H,17,21H2,1H3. The highest BCUT2D eigenvalue weighted by Crippen LogP contribution is 2.42. The minimum Gasteiger partial charge on any atom is -0.456 e. The van der Waals surface area contributed by atoms with Gasteiger partial charge < -0.3 is 13.6 Å². The van der Waals surface area contributed by atoms with Crippen LogP contribution in [0.5, 0.6) is 0 Å². The predicted molar refractivity (Wildman–Crippen MR) is 287 cm³/mol. The number of aryl methyl sites for hydroxylation is 3. The van der Waals surface area contributed by atoms with Crippen LogP contribution in [0.4, 0.5) is 0 Å². The van der Waals surface area contributed by atoms with Gasteiger partial charge in [0.25, 0.3) is 0 Å². The van der Waals surface area contributed by atoms with Gasteiger partial charge in [-0.25, -0.2) is 0 Å². The molecule has 0 radical (unpaired) electrons. The molecule has 5 heteroatoms. The Morgan fingerprint density at radius 1 is 0.386 bits per heavy atom. The SMILES string of the molecule is Cc1ccc(-c2ccc3c(c2)c2cc(-c4ccc5c(c4)c4cc(C#N)ccc4n5-c4ccccc4)ccc2n3-c2ccc3oc4ccccc4c3c2)cc1-c1cc(C#N)ccc1CCc1ccccc1. The van der Waals surface area contributed by atoms with Crippen LogP contribution < -0.4 is 0 Å². The van der Waals surface area contributed by atoms with Gasteiger partial charge in [-0.1, -0.05) is 103 Å². The molecule has 5 nitrogen and oxygen atoms in total. The topological polar surface area (TPSA) is 70.6 Å². The summed E-state index contributed by atoms with van der Waals surface area (Å²) in [4.78, 5) is 0. The van der Waals surface area contributed by atoms with Crippen molar-refractivity contribution >= 4 is 65.6 Å². The maximum atomic E-state index is 10.0. The lowest BCUT2D eigenvalue weighted by Crippen LogP contribution is -1.97. The van der Waals surface area contributed by atoms with Crippen LogP contribution in [0.25, 0.3) is 110 Å². The fraction of sp³-hybridized carbons (Fsp3) is 0.0462. The van der Waals surface area contributed by atoms with Crippen molar-refractivity contribution in [1.29, 1.82) is 10.5 Å². The lowest BCUT2D eigenvalue weighted by atomic mass is 9.89. The van der Waals surface area contributed by atoms with Crippen molar-refractivity contribution in [2.75, 3.05) is 0 Å². The van der Waals surface area contributed by atoms with Crippen LogP contribution in [0.3, 0.4) is 0 Å². The normalized spacial score (nSPS) is 11.6. The Kier molecular flexibility index (Phi) is 9.58. The van der Waals surface area contributed by atoms with Crippen molar-refractivity contribution in [3.8, 4) is 56.9 Å². The van der Waals surface area contributed by atoms with Crippen LogP contribution in [0.1, 0.15) is 27.8 Å². The minimum absolute atomic E-state index is 0.636. The number of aromatic nitrogens is 2. The molecule has 0 aliphatic heterocycles. The van der Waals surface area contributed by atoms with Crippen molar-refractivity contribution in [2.45, 2.75) is 19.8 Å². The molecule has 0 aliphatic rings. The number of nitrogens with zero attached hydrogens (tertiary/aromatic N) is 4. The fourth-order valence-electron chi connectivity index (χ4n) is 10.8. The summed E-state index contributed by atoms with van der Waals surface area (Å²) >= 11 is 0. The average molecular weight is 895 g/mol. The van der Waals surface area contributed by atoms with Gasteiger partial charge >= 0.3 is 0 Å². The van der Waals surface area contributed by atoms with E-state index in [0.29, 0.717) is 11.1 Å². The first-order chi connectivity index (χ1) is 34.5. The van der Waals surface area contributed by atoms with Crippen molar-refractivity contribution in [2.24, 2.45) is 0 Å². The Bertz CT molecular complexity index is 4330. The van der Waals surface area contributed by atoms with E-state index in [-0.39, 0.29) is 0 Å². The lowest BCUT2D eigenvalue weighted by molar-refractivity contribution is 0.669. The molecule has 0 fully saturated rings. The Morgan fingerprint density at radius 2 is 0.914 bits per heavy atom. The van der Waals surface area contributed by atoms with Gasteiger partial charge in [-0.15, -0.1) is 0 Å². The molecule has 0 saturated heterocycles. The van der Waals surface area contributed by atoms with Crippen LogP contribution in [0, 0.1) is 29.6 Å². The molecule has 0 saturated carbocycles. The van der Waals surface area contributed by atoms with Crippen molar-refractivity contribution in [3.63, 3.8) is 0 Å². The zero-order valence-electron chi connectivity index (χ0n) is 38.3. The molecule has 0 aliphatic carbocycles. The number of benzene rings is 10. The van der Waals surface area contributed by atoms with Crippen LogP contribution in [0.15, 0.2) is 217 Å². The molecule has 0 spiro atoms. The molecule has 13 aromatic rings. The third-order valence-corrected chi connectivity index (χ3v) is 14.3. The van der Waals surface area contributed by atoms with Gasteiger partial charge in [-0.3, -0.25) is 0 Å². The summed E-state index contributed by atoms with van der Waals surface area (Å²) in [6.07, 6.45) is 1.78. The zero-order chi connectivity index (χ0) is 46.9. The minimum atomic E-state index is 0.636. The Balaban J connectivity index is 0.991. The highest BCUT2D eigenvalue weighted by Gasteiger charge is 2.19. The summed E-state index contributed by atoms with van der Waals surface area (Å²) in [5.41, 5.74) is 19.9. The summed E-state index contributed by atoms with van der Waals surface area (Å²) in [6, 6.07) is 79.8. The smallest absolute Gasteiger partial charge is 0.135 e. The second-order valence-corrected chi connectivity index (χ2v) is 18.3. The fourth-order valence-corrected chi connectivity index (χ4v) is 10.8. The molecule has 0 bridgehead atoms. The van der Waals surface area contributed by atoms with E-state index >= 15 is 0 Å². The van der Waals surface area contributed by atoms with Crippen molar-refractivity contribution in [1.82, 2.24) is 9.13 Å². The zero-order valence-corrected chi connectivity index (χ0v) is 38.3. The molecule has 70 heavy (non-hydrogen) atoms. The van der Waals surface area contributed by atoms with Gasteiger partial charge in [0.05, 0.1) is 45.3 Å². The summed E-state index contributed by atoms with van der Waals surface area (Å²) in [5.74, 6) is 0. The number of rotatable bonds is 8. The third-order valence-electron chi connectivity index (χ3n) is 14.3. The molecular weight excluding hydrogens is 853 g/mol. The number of nitriles is 2. The van der Waals surface area contributed by atoms with Gasteiger partial charge in [0.2, 0.25) is 0 Å². The van der Waals surface area contributed by atoms with Crippen LogP contribution >= 0.6 is 0 Å².